The Morgan fingerprint density at radius 1 is 1.35 bits per heavy atom. The van der Waals surface area contributed by atoms with Crippen LogP contribution in [-0.2, 0) is 0 Å². The number of unbranched alkanes of at least 4 members (excludes halogenated alkanes) is 1. The fourth-order valence-corrected chi connectivity index (χ4v) is 2.03. The van der Waals surface area contributed by atoms with Crippen molar-refractivity contribution in [3.05, 3.63) is 24.3 Å². The molecule has 2 rings (SSSR count). The molecule has 17 heavy (non-hydrogen) atoms. The molecule has 0 saturated heterocycles. The van der Waals surface area contributed by atoms with Gasteiger partial charge in [-0.3, -0.25) is 0 Å². The molecule has 94 valence electrons. The second-order valence-electron chi connectivity index (χ2n) is 4.65. The Morgan fingerprint density at radius 2 is 2.12 bits per heavy atom. The van der Waals surface area contributed by atoms with Gasteiger partial charge in [0.2, 0.25) is 0 Å². The first-order valence-electron chi connectivity index (χ1n) is 6.53. The van der Waals surface area contributed by atoms with Crippen LogP contribution >= 0.6 is 0 Å². The van der Waals surface area contributed by atoms with E-state index in [4.69, 9.17) is 9.47 Å². The zero-order valence-corrected chi connectivity index (χ0v) is 10.7. The molecule has 1 aromatic carbocycles. The molecule has 2 N–H and O–H groups in total. The molecule has 0 fully saturated rings. The summed E-state index contributed by atoms with van der Waals surface area (Å²) in [5.74, 6) is 1.74. The fourth-order valence-electron chi connectivity index (χ4n) is 2.03. The van der Waals surface area contributed by atoms with Crippen LogP contribution in [0.15, 0.2) is 24.3 Å². The zero-order valence-electron chi connectivity index (χ0n) is 10.7. The van der Waals surface area contributed by atoms with Crippen molar-refractivity contribution < 1.29 is 14.8 Å². The summed E-state index contributed by atoms with van der Waals surface area (Å²) in [5, 5.41) is 2.35. The standard InChI is InChI=1S/C14H21NO2/c1-3-4-9-15-11(2)14-10-16-12-7-5-6-8-13(12)17-14/h5-8,11,14-15H,3-4,9-10H2,1-2H3/p+1/t11-,14-/m0/s1. The van der Waals surface area contributed by atoms with Crippen LogP contribution in [0.3, 0.4) is 0 Å². The van der Waals surface area contributed by atoms with Crippen LogP contribution < -0.4 is 14.8 Å². The first-order chi connectivity index (χ1) is 8.31. The van der Waals surface area contributed by atoms with Crippen LogP contribution in [0, 0.1) is 0 Å². The predicted molar refractivity (Wildman–Crippen MR) is 67.5 cm³/mol. The summed E-state index contributed by atoms with van der Waals surface area (Å²) < 4.78 is 11.7. The first-order valence-corrected chi connectivity index (χ1v) is 6.53. The number of hydrogen-bond acceptors (Lipinski definition) is 2. The summed E-state index contributed by atoms with van der Waals surface area (Å²) in [4.78, 5) is 0. The maximum Gasteiger partial charge on any atom is 0.184 e. The summed E-state index contributed by atoms with van der Waals surface area (Å²) in [6, 6.07) is 8.32. The van der Waals surface area contributed by atoms with Gasteiger partial charge in [0.15, 0.2) is 17.6 Å². The highest BCUT2D eigenvalue weighted by atomic mass is 16.6. The minimum atomic E-state index is 0.154. The summed E-state index contributed by atoms with van der Waals surface area (Å²) in [6.07, 6.45) is 2.66. The molecule has 1 aliphatic rings. The quantitative estimate of drug-likeness (QED) is 0.788. The summed E-state index contributed by atoms with van der Waals surface area (Å²) in [5.41, 5.74) is 0. The molecule has 0 amide bonds. The molecule has 1 aromatic rings. The highest BCUT2D eigenvalue weighted by Crippen LogP contribution is 2.31. The topological polar surface area (TPSA) is 35.1 Å². The minimum Gasteiger partial charge on any atom is -0.486 e. The number of fused-ring (bicyclic) bond motifs is 1. The van der Waals surface area contributed by atoms with Crippen molar-refractivity contribution in [2.24, 2.45) is 0 Å². The molecule has 0 bridgehead atoms. The van der Waals surface area contributed by atoms with Crippen LogP contribution in [0.4, 0.5) is 0 Å². The largest absolute Gasteiger partial charge is 0.486 e. The summed E-state index contributed by atoms with van der Waals surface area (Å²) >= 11 is 0. The van der Waals surface area contributed by atoms with E-state index < -0.39 is 0 Å². The molecule has 2 atom stereocenters. The number of ether oxygens (including phenoxy) is 2. The van der Waals surface area contributed by atoms with Gasteiger partial charge in [0.25, 0.3) is 0 Å². The van der Waals surface area contributed by atoms with Gasteiger partial charge in [-0.2, -0.15) is 0 Å². The molecule has 0 saturated carbocycles. The van der Waals surface area contributed by atoms with Crippen molar-refractivity contribution in [1.29, 1.82) is 0 Å². The van der Waals surface area contributed by atoms with E-state index in [1.165, 1.54) is 19.4 Å². The third kappa shape index (κ3) is 3.13. The van der Waals surface area contributed by atoms with Crippen LogP contribution in [-0.4, -0.2) is 25.3 Å². The first kappa shape index (κ1) is 12.2. The van der Waals surface area contributed by atoms with E-state index in [2.05, 4.69) is 19.2 Å². The molecule has 0 radical (unpaired) electrons. The molecule has 3 heteroatoms. The number of benzene rings is 1. The number of nitrogens with two attached hydrogens (primary N) is 1. The molecular weight excluding hydrogens is 214 g/mol. The number of para-hydroxylation sites is 2. The molecular formula is C14H22NO2+. The molecule has 0 unspecified atom stereocenters. The van der Waals surface area contributed by atoms with Gasteiger partial charge in [-0.1, -0.05) is 25.5 Å². The van der Waals surface area contributed by atoms with Crippen molar-refractivity contribution >= 4 is 0 Å². The lowest BCUT2D eigenvalue weighted by molar-refractivity contribution is -0.693. The summed E-state index contributed by atoms with van der Waals surface area (Å²) in [6.45, 7) is 6.24. The second-order valence-corrected chi connectivity index (χ2v) is 4.65. The summed E-state index contributed by atoms with van der Waals surface area (Å²) in [7, 11) is 0. The van der Waals surface area contributed by atoms with Gasteiger partial charge in [0, 0.05) is 0 Å². The number of hydrogen-bond donors (Lipinski definition) is 1. The van der Waals surface area contributed by atoms with Crippen molar-refractivity contribution in [2.75, 3.05) is 13.2 Å². The predicted octanol–water partition coefficient (Wildman–Crippen LogP) is 1.58. The Bertz CT molecular complexity index is 354. The lowest BCUT2D eigenvalue weighted by Crippen LogP contribution is -2.92. The zero-order chi connectivity index (χ0) is 12.1. The lowest BCUT2D eigenvalue weighted by Gasteiger charge is -2.29. The van der Waals surface area contributed by atoms with Crippen molar-refractivity contribution in [3.8, 4) is 11.5 Å². The maximum absolute atomic E-state index is 5.97. The van der Waals surface area contributed by atoms with E-state index >= 15 is 0 Å². The van der Waals surface area contributed by atoms with Crippen molar-refractivity contribution in [2.45, 2.75) is 38.8 Å². The third-order valence-electron chi connectivity index (χ3n) is 3.21. The third-order valence-corrected chi connectivity index (χ3v) is 3.21. The average Bonchev–Trinajstić information content (AvgIpc) is 2.38. The Hall–Kier alpha value is -1.22. The van der Waals surface area contributed by atoms with Crippen LogP contribution in [0.2, 0.25) is 0 Å². The molecule has 0 aliphatic carbocycles. The van der Waals surface area contributed by atoms with Gasteiger partial charge >= 0.3 is 0 Å². The van der Waals surface area contributed by atoms with Gasteiger partial charge in [0.1, 0.15) is 12.6 Å². The molecule has 1 heterocycles. The molecule has 0 spiro atoms. The average molecular weight is 236 g/mol. The fraction of sp³-hybridized carbons (Fsp3) is 0.571. The number of quaternary nitrogens is 1. The van der Waals surface area contributed by atoms with Crippen LogP contribution in [0.1, 0.15) is 26.7 Å². The van der Waals surface area contributed by atoms with E-state index in [9.17, 15) is 0 Å². The minimum absolute atomic E-state index is 0.154. The van der Waals surface area contributed by atoms with Gasteiger partial charge in [-0.05, 0) is 25.5 Å². The Balaban J connectivity index is 1.88. The smallest absolute Gasteiger partial charge is 0.184 e. The highest BCUT2D eigenvalue weighted by molar-refractivity contribution is 5.40. The normalized spacial score (nSPS) is 20.0. The monoisotopic (exact) mass is 236 g/mol. The SMILES string of the molecule is CCCC[NH2+][C@@H](C)[C@@H]1COc2ccccc2O1. The van der Waals surface area contributed by atoms with Crippen LogP contribution in [0.5, 0.6) is 11.5 Å². The Labute approximate surface area is 103 Å². The van der Waals surface area contributed by atoms with E-state index in [0.717, 1.165) is 11.5 Å². The second kappa shape index (κ2) is 5.92. The van der Waals surface area contributed by atoms with E-state index in [1.54, 1.807) is 0 Å². The van der Waals surface area contributed by atoms with Gasteiger partial charge in [0.05, 0.1) is 6.54 Å². The lowest BCUT2D eigenvalue weighted by atomic mass is 10.1. The van der Waals surface area contributed by atoms with Crippen molar-refractivity contribution in [1.82, 2.24) is 0 Å². The molecule has 3 nitrogen and oxygen atoms in total. The molecule has 1 aliphatic heterocycles. The van der Waals surface area contributed by atoms with E-state index in [-0.39, 0.29) is 6.10 Å². The maximum atomic E-state index is 5.97. The highest BCUT2D eigenvalue weighted by Gasteiger charge is 2.27. The van der Waals surface area contributed by atoms with Gasteiger partial charge in [-0.25, -0.2) is 0 Å². The van der Waals surface area contributed by atoms with E-state index in [0.29, 0.717) is 12.6 Å². The van der Waals surface area contributed by atoms with E-state index in [1.807, 2.05) is 24.3 Å². The van der Waals surface area contributed by atoms with Crippen LogP contribution in [0.25, 0.3) is 0 Å². The van der Waals surface area contributed by atoms with Gasteiger partial charge < -0.3 is 14.8 Å². The Kier molecular flexibility index (Phi) is 4.26. The molecule has 0 aromatic heterocycles. The number of rotatable bonds is 5. The van der Waals surface area contributed by atoms with Crippen molar-refractivity contribution in [3.63, 3.8) is 0 Å². The van der Waals surface area contributed by atoms with Gasteiger partial charge in [-0.15, -0.1) is 0 Å². The Morgan fingerprint density at radius 3 is 2.88 bits per heavy atom.